The molecule has 3 rings (SSSR count). The first-order valence-electron chi connectivity index (χ1n) is 6.82. The van der Waals surface area contributed by atoms with Crippen molar-refractivity contribution in [1.29, 1.82) is 0 Å². The highest BCUT2D eigenvalue weighted by molar-refractivity contribution is 5.85. The minimum Gasteiger partial charge on any atom is -0.350 e. The molecule has 1 atom stereocenters. The Balaban J connectivity index is 0.00000121. The Morgan fingerprint density at radius 2 is 2.14 bits per heavy atom. The molecule has 1 aromatic carbocycles. The zero-order valence-corrected chi connectivity index (χ0v) is 13.9. The fourth-order valence-corrected chi connectivity index (χ4v) is 2.42. The number of hydrogen-bond acceptors (Lipinski definition) is 3. The smallest absolute Gasteiger partial charge is 0.244 e. The second-order valence-electron chi connectivity index (χ2n) is 5.09. The first kappa shape index (κ1) is 18.5. The monoisotopic (exact) mass is 342 g/mol. The van der Waals surface area contributed by atoms with Gasteiger partial charge < -0.3 is 10.6 Å². The van der Waals surface area contributed by atoms with Crippen molar-refractivity contribution in [1.82, 2.24) is 20.4 Å². The fraction of sp³-hybridized carbons (Fsp3) is 0.333. The zero-order valence-electron chi connectivity index (χ0n) is 12.3. The molecule has 1 aliphatic heterocycles. The number of amides is 1. The van der Waals surface area contributed by atoms with Crippen LogP contribution in [0.2, 0.25) is 0 Å². The quantitative estimate of drug-likeness (QED) is 0.895. The largest absolute Gasteiger partial charge is 0.350 e. The lowest BCUT2D eigenvalue weighted by atomic mass is 10.1. The average Bonchev–Trinajstić information content (AvgIpc) is 3.13. The molecule has 2 aromatic rings. The van der Waals surface area contributed by atoms with E-state index in [0.29, 0.717) is 6.54 Å². The number of nitrogens with zero attached hydrogens (tertiary/aromatic N) is 2. The van der Waals surface area contributed by atoms with E-state index in [4.69, 9.17) is 0 Å². The molecule has 1 amide bonds. The average molecular weight is 343 g/mol. The molecule has 0 spiro atoms. The van der Waals surface area contributed by atoms with Crippen molar-refractivity contribution in [3.05, 3.63) is 53.3 Å². The van der Waals surface area contributed by atoms with Gasteiger partial charge in [0, 0.05) is 32.0 Å². The minimum absolute atomic E-state index is 0. The van der Waals surface area contributed by atoms with Crippen LogP contribution < -0.4 is 10.6 Å². The molecule has 0 radical (unpaired) electrons. The van der Waals surface area contributed by atoms with Gasteiger partial charge in [-0.25, -0.2) is 0 Å². The topological polar surface area (TPSA) is 59.0 Å². The van der Waals surface area contributed by atoms with Crippen molar-refractivity contribution in [3.8, 4) is 0 Å². The van der Waals surface area contributed by atoms with Gasteiger partial charge >= 0.3 is 0 Å². The van der Waals surface area contributed by atoms with E-state index in [1.54, 1.807) is 17.1 Å². The highest BCUT2D eigenvalue weighted by atomic mass is 35.5. The van der Waals surface area contributed by atoms with Crippen molar-refractivity contribution in [2.75, 3.05) is 0 Å². The standard InChI is InChI=1S/C15H18N4O.2ClH/c1-11(19-6-2-5-18-19)15(20)17-8-12-3-4-13-9-16-10-14(13)7-12;;/h2-7,11,16H,8-10H2,1H3,(H,17,20);2*1H. The number of hydrogen-bond donors (Lipinski definition) is 2. The molecule has 0 fully saturated rings. The summed E-state index contributed by atoms with van der Waals surface area (Å²) in [5, 5.41) is 10.4. The maximum atomic E-state index is 12.1. The Morgan fingerprint density at radius 3 is 2.86 bits per heavy atom. The van der Waals surface area contributed by atoms with E-state index in [1.807, 2.05) is 13.0 Å². The van der Waals surface area contributed by atoms with Gasteiger partial charge in [-0.3, -0.25) is 9.48 Å². The molecular weight excluding hydrogens is 323 g/mol. The number of halogens is 2. The number of aromatic nitrogens is 2. The van der Waals surface area contributed by atoms with Gasteiger partial charge in [-0.15, -0.1) is 24.8 Å². The van der Waals surface area contributed by atoms with Gasteiger partial charge in [0.25, 0.3) is 0 Å². The van der Waals surface area contributed by atoms with E-state index >= 15 is 0 Å². The predicted molar refractivity (Wildman–Crippen MR) is 90.3 cm³/mol. The van der Waals surface area contributed by atoms with Crippen LogP contribution in [0.4, 0.5) is 0 Å². The highest BCUT2D eigenvalue weighted by Gasteiger charge is 2.15. The lowest BCUT2D eigenvalue weighted by Gasteiger charge is -2.13. The third-order valence-corrected chi connectivity index (χ3v) is 3.67. The second kappa shape index (κ2) is 8.17. The summed E-state index contributed by atoms with van der Waals surface area (Å²) in [4.78, 5) is 12.1. The fourth-order valence-electron chi connectivity index (χ4n) is 2.42. The molecule has 1 unspecified atom stereocenters. The summed E-state index contributed by atoms with van der Waals surface area (Å²) in [6.45, 7) is 4.26. The molecule has 120 valence electrons. The van der Waals surface area contributed by atoms with Crippen LogP contribution in [-0.4, -0.2) is 15.7 Å². The summed E-state index contributed by atoms with van der Waals surface area (Å²) in [5.41, 5.74) is 3.82. The van der Waals surface area contributed by atoms with Gasteiger partial charge in [0.15, 0.2) is 0 Å². The van der Waals surface area contributed by atoms with Crippen LogP contribution >= 0.6 is 24.8 Å². The van der Waals surface area contributed by atoms with E-state index < -0.39 is 0 Å². The van der Waals surface area contributed by atoms with Gasteiger partial charge in [-0.05, 0) is 29.7 Å². The van der Waals surface area contributed by atoms with Crippen molar-refractivity contribution in [2.24, 2.45) is 0 Å². The maximum Gasteiger partial charge on any atom is 0.244 e. The Labute approximate surface area is 142 Å². The summed E-state index contributed by atoms with van der Waals surface area (Å²) in [6.07, 6.45) is 3.47. The van der Waals surface area contributed by atoms with Gasteiger partial charge in [-0.2, -0.15) is 5.10 Å². The molecule has 0 saturated carbocycles. The minimum atomic E-state index is -0.291. The van der Waals surface area contributed by atoms with Crippen LogP contribution in [-0.2, 0) is 24.4 Å². The molecular formula is C15H20Cl2N4O. The van der Waals surface area contributed by atoms with Gasteiger partial charge in [0.2, 0.25) is 5.91 Å². The van der Waals surface area contributed by atoms with Crippen LogP contribution in [0.25, 0.3) is 0 Å². The molecule has 22 heavy (non-hydrogen) atoms. The van der Waals surface area contributed by atoms with Crippen molar-refractivity contribution >= 4 is 30.7 Å². The van der Waals surface area contributed by atoms with E-state index in [2.05, 4.69) is 33.9 Å². The van der Waals surface area contributed by atoms with Crippen LogP contribution in [0, 0.1) is 0 Å². The van der Waals surface area contributed by atoms with Crippen molar-refractivity contribution in [2.45, 2.75) is 32.6 Å². The predicted octanol–water partition coefficient (Wildman–Crippen LogP) is 2.21. The van der Waals surface area contributed by atoms with E-state index in [-0.39, 0.29) is 36.8 Å². The number of rotatable bonds is 4. The van der Waals surface area contributed by atoms with Gasteiger partial charge in [-0.1, -0.05) is 18.2 Å². The molecule has 5 nitrogen and oxygen atoms in total. The van der Waals surface area contributed by atoms with E-state index in [9.17, 15) is 4.79 Å². The first-order chi connectivity index (χ1) is 9.74. The van der Waals surface area contributed by atoms with Gasteiger partial charge in [0.05, 0.1) is 0 Å². The van der Waals surface area contributed by atoms with Crippen molar-refractivity contribution in [3.63, 3.8) is 0 Å². The Morgan fingerprint density at radius 1 is 1.36 bits per heavy atom. The van der Waals surface area contributed by atoms with Crippen LogP contribution in [0.15, 0.2) is 36.7 Å². The molecule has 1 aliphatic rings. The summed E-state index contributed by atoms with van der Waals surface area (Å²) >= 11 is 0. The Hall–Kier alpha value is -1.56. The molecule has 0 bridgehead atoms. The second-order valence-corrected chi connectivity index (χ2v) is 5.09. The normalized spacial score (nSPS) is 13.5. The highest BCUT2D eigenvalue weighted by Crippen LogP contribution is 2.17. The summed E-state index contributed by atoms with van der Waals surface area (Å²) in [7, 11) is 0. The van der Waals surface area contributed by atoms with Crippen LogP contribution in [0.3, 0.4) is 0 Å². The maximum absolute atomic E-state index is 12.1. The van der Waals surface area contributed by atoms with Crippen LogP contribution in [0.5, 0.6) is 0 Å². The molecule has 2 N–H and O–H groups in total. The number of fused-ring (bicyclic) bond motifs is 1. The molecule has 0 saturated heterocycles. The number of benzene rings is 1. The third kappa shape index (κ3) is 4.00. The third-order valence-electron chi connectivity index (χ3n) is 3.67. The van der Waals surface area contributed by atoms with Crippen molar-refractivity contribution < 1.29 is 4.79 Å². The van der Waals surface area contributed by atoms with E-state index in [0.717, 1.165) is 18.7 Å². The summed E-state index contributed by atoms with van der Waals surface area (Å²) < 4.78 is 1.65. The lowest BCUT2D eigenvalue weighted by molar-refractivity contribution is -0.124. The number of carbonyl (C=O) groups excluding carboxylic acids is 1. The Kier molecular flexibility index (Phi) is 6.87. The molecule has 0 aliphatic carbocycles. The SMILES string of the molecule is CC(C(=O)NCc1ccc2c(c1)CNC2)n1cccn1.Cl.Cl. The Bertz CT molecular complexity index is 616. The summed E-state index contributed by atoms with van der Waals surface area (Å²) in [6, 6.07) is 7.89. The molecule has 2 heterocycles. The van der Waals surface area contributed by atoms with Gasteiger partial charge in [0.1, 0.15) is 6.04 Å². The number of nitrogens with one attached hydrogen (secondary N) is 2. The van der Waals surface area contributed by atoms with E-state index in [1.165, 1.54) is 11.1 Å². The zero-order chi connectivity index (χ0) is 13.9. The first-order valence-corrected chi connectivity index (χ1v) is 6.82. The lowest BCUT2D eigenvalue weighted by Crippen LogP contribution is -2.30. The summed E-state index contributed by atoms with van der Waals surface area (Å²) in [5.74, 6) is -0.0210. The van der Waals surface area contributed by atoms with Crippen LogP contribution in [0.1, 0.15) is 29.7 Å². The molecule has 1 aromatic heterocycles. The molecule has 7 heteroatoms. The number of carbonyl (C=O) groups is 1.